The van der Waals surface area contributed by atoms with Gasteiger partial charge >= 0.3 is 0 Å². The van der Waals surface area contributed by atoms with Crippen molar-refractivity contribution in [3.8, 4) is 22.8 Å². The third kappa shape index (κ3) is 4.06. The molecule has 1 fully saturated rings. The van der Waals surface area contributed by atoms with Gasteiger partial charge in [0.25, 0.3) is 0 Å². The van der Waals surface area contributed by atoms with Crippen molar-refractivity contribution in [2.45, 2.75) is 0 Å². The van der Waals surface area contributed by atoms with E-state index in [2.05, 4.69) is 44.0 Å². The Labute approximate surface area is 219 Å². The molecule has 184 valence electrons. The van der Waals surface area contributed by atoms with Crippen LogP contribution in [-0.2, 0) is 0 Å². The van der Waals surface area contributed by atoms with E-state index in [1.165, 1.54) is 0 Å². The molecule has 0 radical (unpaired) electrons. The Hall–Kier alpha value is -4.98. The van der Waals surface area contributed by atoms with E-state index in [4.69, 9.17) is 19.9 Å². The summed E-state index contributed by atoms with van der Waals surface area (Å²) in [6, 6.07) is 24.2. The predicted molar refractivity (Wildman–Crippen MR) is 150 cm³/mol. The second kappa shape index (κ2) is 9.48. The summed E-state index contributed by atoms with van der Waals surface area (Å²) in [5, 5.41) is 2.12. The molecule has 0 aliphatic carbocycles. The number of piperazine rings is 1. The lowest BCUT2D eigenvalue weighted by Crippen LogP contribution is -2.47. The third-order valence-corrected chi connectivity index (χ3v) is 6.92. The summed E-state index contributed by atoms with van der Waals surface area (Å²) in [5.74, 6) is 3.36. The molecule has 0 amide bonds. The number of pyridine rings is 2. The van der Waals surface area contributed by atoms with Crippen LogP contribution in [0.3, 0.4) is 0 Å². The molecule has 0 unspecified atom stereocenters. The Morgan fingerprint density at radius 1 is 0.447 bits per heavy atom. The van der Waals surface area contributed by atoms with E-state index in [0.29, 0.717) is 11.6 Å². The highest BCUT2D eigenvalue weighted by molar-refractivity contribution is 5.92. The highest BCUT2D eigenvalue weighted by Gasteiger charge is 2.24. The molecule has 5 heterocycles. The minimum absolute atomic E-state index is 0.715. The molecule has 1 aliphatic heterocycles. The molecule has 1 saturated heterocycles. The maximum atomic E-state index is 5.03. The number of fused-ring (bicyclic) bond motifs is 2. The fourth-order valence-electron chi connectivity index (χ4n) is 4.99. The van der Waals surface area contributed by atoms with E-state index >= 15 is 0 Å². The third-order valence-electron chi connectivity index (χ3n) is 6.92. The fourth-order valence-corrected chi connectivity index (χ4v) is 4.99. The quantitative estimate of drug-likeness (QED) is 0.336. The Bertz CT molecular complexity index is 1600. The van der Waals surface area contributed by atoms with E-state index in [0.717, 1.165) is 70.7 Å². The summed E-state index contributed by atoms with van der Waals surface area (Å²) in [6.45, 7) is 3.28. The first-order valence-corrected chi connectivity index (χ1v) is 12.7. The Morgan fingerprint density at radius 2 is 0.842 bits per heavy atom. The van der Waals surface area contributed by atoms with Crippen LogP contribution in [0.5, 0.6) is 0 Å². The molecule has 2 aromatic carbocycles. The minimum Gasteiger partial charge on any atom is -0.352 e. The van der Waals surface area contributed by atoms with Crippen molar-refractivity contribution in [3.05, 3.63) is 97.6 Å². The van der Waals surface area contributed by atoms with Crippen molar-refractivity contribution in [1.29, 1.82) is 0 Å². The number of benzene rings is 2. The number of hydrogen-bond donors (Lipinski definition) is 0. The van der Waals surface area contributed by atoms with Crippen molar-refractivity contribution in [3.63, 3.8) is 0 Å². The Kier molecular flexibility index (Phi) is 5.55. The number of nitrogens with zero attached hydrogens (tertiary/aromatic N) is 8. The molecule has 0 N–H and O–H groups in total. The predicted octanol–water partition coefficient (Wildman–Crippen LogP) is 5.02. The van der Waals surface area contributed by atoms with Crippen LogP contribution in [0.2, 0.25) is 0 Å². The number of para-hydroxylation sites is 2. The first-order chi connectivity index (χ1) is 18.8. The lowest BCUT2D eigenvalue weighted by molar-refractivity contribution is 0.645. The molecule has 0 bridgehead atoms. The van der Waals surface area contributed by atoms with E-state index in [1.807, 2.05) is 48.5 Å². The summed E-state index contributed by atoms with van der Waals surface area (Å²) in [4.78, 5) is 32.8. The first kappa shape index (κ1) is 22.2. The van der Waals surface area contributed by atoms with E-state index in [-0.39, 0.29) is 0 Å². The van der Waals surface area contributed by atoms with Gasteiger partial charge in [-0.1, -0.05) is 24.3 Å². The number of aromatic nitrogens is 6. The van der Waals surface area contributed by atoms with Gasteiger partial charge in [0.05, 0.1) is 11.0 Å². The molecule has 7 rings (SSSR count). The van der Waals surface area contributed by atoms with Crippen LogP contribution in [-0.4, -0.2) is 56.1 Å². The molecule has 38 heavy (non-hydrogen) atoms. The monoisotopic (exact) mass is 496 g/mol. The van der Waals surface area contributed by atoms with Crippen LogP contribution in [0.1, 0.15) is 0 Å². The lowest BCUT2D eigenvalue weighted by Gasteiger charge is -2.37. The summed E-state index contributed by atoms with van der Waals surface area (Å²) >= 11 is 0. The van der Waals surface area contributed by atoms with E-state index in [9.17, 15) is 0 Å². The topological polar surface area (TPSA) is 83.8 Å². The average molecular weight is 497 g/mol. The Morgan fingerprint density at radius 3 is 1.26 bits per heavy atom. The van der Waals surface area contributed by atoms with E-state index in [1.54, 1.807) is 24.8 Å². The molecule has 0 spiro atoms. The molecule has 0 saturated carbocycles. The van der Waals surface area contributed by atoms with Crippen molar-refractivity contribution in [1.82, 2.24) is 29.9 Å². The van der Waals surface area contributed by atoms with Crippen molar-refractivity contribution >= 4 is 33.4 Å². The van der Waals surface area contributed by atoms with Crippen LogP contribution in [0.4, 0.5) is 11.6 Å². The van der Waals surface area contributed by atoms with Gasteiger partial charge in [-0.05, 0) is 48.5 Å². The van der Waals surface area contributed by atoms with Gasteiger partial charge in [0.1, 0.15) is 11.6 Å². The summed E-state index contributed by atoms with van der Waals surface area (Å²) < 4.78 is 0. The average Bonchev–Trinajstić information content (AvgIpc) is 3.01. The van der Waals surface area contributed by atoms with Gasteiger partial charge in [0.15, 0.2) is 11.6 Å². The number of hydrogen-bond acceptors (Lipinski definition) is 8. The van der Waals surface area contributed by atoms with Gasteiger partial charge in [-0.2, -0.15) is 0 Å². The van der Waals surface area contributed by atoms with Crippen LogP contribution < -0.4 is 9.80 Å². The fraction of sp³-hybridized carbons (Fsp3) is 0.133. The van der Waals surface area contributed by atoms with Crippen LogP contribution >= 0.6 is 0 Å². The first-order valence-electron chi connectivity index (χ1n) is 12.7. The molecular formula is C30H24N8. The van der Waals surface area contributed by atoms with Gasteiger partial charge in [0, 0.05) is 72.9 Å². The van der Waals surface area contributed by atoms with Gasteiger partial charge in [-0.15, -0.1) is 0 Å². The molecular weight excluding hydrogens is 472 g/mol. The summed E-state index contributed by atoms with van der Waals surface area (Å²) in [6.07, 6.45) is 7.11. The molecule has 8 heteroatoms. The summed E-state index contributed by atoms with van der Waals surface area (Å²) in [7, 11) is 0. The van der Waals surface area contributed by atoms with Crippen LogP contribution in [0, 0.1) is 0 Å². The van der Waals surface area contributed by atoms with Gasteiger partial charge in [-0.3, -0.25) is 9.97 Å². The highest BCUT2D eigenvalue weighted by Crippen LogP contribution is 2.31. The Balaban J connectivity index is 1.23. The number of anilines is 2. The van der Waals surface area contributed by atoms with Gasteiger partial charge in [-0.25, -0.2) is 19.9 Å². The standard InChI is InChI=1S/C30H24N8/c1-3-7-25-23(5-1)29(35-27(33-25)21-9-13-31-14-10-21)37-17-19-38(20-18-37)30-24-6-2-4-8-26(24)34-28(36-30)22-11-15-32-16-12-22/h1-16H,17-20H2. The van der Waals surface area contributed by atoms with Gasteiger partial charge in [0.2, 0.25) is 0 Å². The second-order valence-corrected chi connectivity index (χ2v) is 9.22. The van der Waals surface area contributed by atoms with Gasteiger partial charge < -0.3 is 9.80 Å². The van der Waals surface area contributed by atoms with E-state index < -0.39 is 0 Å². The summed E-state index contributed by atoms with van der Waals surface area (Å²) in [5.41, 5.74) is 3.80. The maximum absolute atomic E-state index is 5.03. The molecule has 6 aromatic rings. The molecule has 8 nitrogen and oxygen atoms in total. The lowest BCUT2D eigenvalue weighted by atomic mass is 10.1. The molecule has 1 aliphatic rings. The zero-order chi connectivity index (χ0) is 25.3. The number of rotatable bonds is 4. The second-order valence-electron chi connectivity index (χ2n) is 9.22. The zero-order valence-electron chi connectivity index (χ0n) is 20.6. The maximum Gasteiger partial charge on any atom is 0.162 e. The van der Waals surface area contributed by atoms with Crippen molar-refractivity contribution in [2.75, 3.05) is 36.0 Å². The normalized spacial score (nSPS) is 13.8. The van der Waals surface area contributed by atoms with Crippen LogP contribution in [0.15, 0.2) is 97.6 Å². The van der Waals surface area contributed by atoms with Crippen molar-refractivity contribution < 1.29 is 0 Å². The molecule has 0 atom stereocenters. The highest BCUT2D eigenvalue weighted by atomic mass is 15.3. The van der Waals surface area contributed by atoms with Crippen LogP contribution in [0.25, 0.3) is 44.6 Å². The van der Waals surface area contributed by atoms with Crippen molar-refractivity contribution in [2.24, 2.45) is 0 Å². The largest absolute Gasteiger partial charge is 0.352 e. The minimum atomic E-state index is 0.715. The molecule has 4 aromatic heterocycles. The smallest absolute Gasteiger partial charge is 0.162 e. The zero-order valence-corrected chi connectivity index (χ0v) is 20.6. The SMILES string of the molecule is c1ccc2c(N3CCN(c4nc(-c5ccncc5)nc5ccccc45)CC3)nc(-c3ccncc3)nc2c1.